The Balaban J connectivity index is 4.84. The van der Waals surface area contributed by atoms with Crippen LogP contribution < -0.4 is 0 Å². The molecule has 0 heterocycles. The summed E-state index contributed by atoms with van der Waals surface area (Å²) in [6.45, 7) is 2.52. The Morgan fingerprint density at radius 2 is 1.62 bits per heavy atom. The van der Waals surface area contributed by atoms with Gasteiger partial charge in [0.25, 0.3) is 0 Å². The number of halogens is 1. The highest BCUT2D eigenvalue weighted by atomic mass is 79.9. The second kappa shape index (κ2) is 3.54. The highest BCUT2D eigenvalue weighted by Gasteiger charge is 2.56. The van der Waals surface area contributed by atoms with Gasteiger partial charge in [0.05, 0.1) is 21.5 Å². The first-order valence-corrected chi connectivity index (χ1v) is 4.09. The molecule has 0 spiro atoms. The van der Waals surface area contributed by atoms with Crippen molar-refractivity contribution in [2.75, 3.05) is 0 Å². The van der Waals surface area contributed by atoms with E-state index in [0.29, 0.717) is 0 Å². The molecule has 1 N–H and O–H groups in total. The molecule has 0 saturated carbocycles. The molecular weight excluding hydrogens is 248 g/mol. The summed E-state index contributed by atoms with van der Waals surface area (Å²) in [6, 6.07) is 0. The zero-order chi connectivity index (χ0) is 10.9. The number of rotatable bonds is 4. The summed E-state index contributed by atoms with van der Waals surface area (Å²) >= 11 is 2.39. The molecule has 0 saturated heterocycles. The van der Waals surface area contributed by atoms with Gasteiger partial charge in [0.15, 0.2) is 0 Å². The summed E-state index contributed by atoms with van der Waals surface area (Å²) < 4.78 is -2.51. The molecule has 0 radical (unpaired) electrons. The van der Waals surface area contributed by atoms with Crippen molar-refractivity contribution in [2.24, 2.45) is 0 Å². The molecule has 0 fully saturated rings. The minimum absolute atomic E-state index is 0.611. The van der Waals surface area contributed by atoms with Gasteiger partial charge in [0.2, 0.25) is 0 Å². The van der Waals surface area contributed by atoms with Crippen LogP contribution in [0.2, 0.25) is 0 Å². The Labute approximate surface area is 82.2 Å². The van der Waals surface area contributed by atoms with Crippen LogP contribution in [0.4, 0.5) is 0 Å². The van der Waals surface area contributed by atoms with Gasteiger partial charge >= 0.3 is 4.57 Å². The number of hydrogen-bond donors (Lipinski definition) is 1. The smallest absolute Gasteiger partial charge is 0.390 e. The lowest BCUT2D eigenvalue weighted by Gasteiger charge is -2.19. The zero-order valence-electron chi connectivity index (χ0n) is 7.06. The van der Waals surface area contributed by atoms with E-state index < -0.39 is 26.4 Å². The first-order valence-electron chi connectivity index (χ1n) is 3.30. The number of nitro groups is 2. The van der Waals surface area contributed by atoms with Crippen LogP contribution in [0.1, 0.15) is 20.3 Å². The molecule has 0 bridgehead atoms. The molecule has 0 aliphatic carbocycles. The van der Waals surface area contributed by atoms with Gasteiger partial charge in [-0.25, -0.2) is 0 Å². The molecule has 0 amide bonds. The van der Waals surface area contributed by atoms with Crippen molar-refractivity contribution in [1.29, 1.82) is 0 Å². The Kier molecular flexibility index (Phi) is 3.34. The SMILES string of the molecule is CC(C)(O)CC(Br)([N+](=O)[O-])[N+](=O)[O-]. The van der Waals surface area contributed by atoms with E-state index >= 15 is 0 Å². The zero-order valence-corrected chi connectivity index (χ0v) is 8.65. The summed E-state index contributed by atoms with van der Waals surface area (Å²) in [7, 11) is 0. The maximum atomic E-state index is 10.3. The molecule has 0 aliphatic heterocycles. The first-order chi connectivity index (χ1) is 5.59. The average Bonchev–Trinajstić information content (AvgIpc) is 1.82. The van der Waals surface area contributed by atoms with Crippen LogP contribution in [0, 0.1) is 20.2 Å². The van der Waals surface area contributed by atoms with Crippen LogP contribution in [-0.4, -0.2) is 25.1 Å². The van der Waals surface area contributed by atoms with Crippen molar-refractivity contribution in [2.45, 2.75) is 30.4 Å². The third kappa shape index (κ3) is 3.23. The summed E-state index contributed by atoms with van der Waals surface area (Å²) in [5.41, 5.74) is -1.48. The largest absolute Gasteiger partial charge is 0.513 e. The van der Waals surface area contributed by atoms with E-state index in [4.69, 9.17) is 0 Å². The standard InChI is InChI=1S/C5H9BrN2O5/c1-4(2,9)3-5(6,7(10)11)8(12)13/h9H,3H2,1-2H3. The lowest BCUT2D eigenvalue weighted by atomic mass is 10.0. The summed E-state index contributed by atoms with van der Waals surface area (Å²) in [6.07, 6.45) is -0.611. The third-order valence-electron chi connectivity index (χ3n) is 1.22. The maximum Gasteiger partial charge on any atom is 0.513 e. The summed E-state index contributed by atoms with van der Waals surface area (Å²) in [5.74, 6) is 0. The molecule has 76 valence electrons. The fourth-order valence-corrected chi connectivity index (χ4v) is 1.43. The Morgan fingerprint density at radius 3 is 1.69 bits per heavy atom. The Bertz CT molecular complexity index is 222. The molecule has 0 aromatic carbocycles. The maximum absolute atomic E-state index is 10.3. The second-order valence-electron chi connectivity index (χ2n) is 3.22. The molecule has 0 rings (SSSR count). The lowest BCUT2D eigenvalue weighted by Crippen LogP contribution is -2.45. The number of alkyl halides is 1. The molecule has 0 aromatic heterocycles. The van der Waals surface area contributed by atoms with Gasteiger partial charge in [-0.05, 0) is 13.8 Å². The van der Waals surface area contributed by atoms with E-state index in [0.717, 1.165) is 0 Å². The van der Waals surface area contributed by atoms with Crippen molar-refractivity contribution < 1.29 is 15.0 Å². The van der Waals surface area contributed by atoms with Gasteiger partial charge in [-0.2, -0.15) is 0 Å². The molecular formula is C5H9BrN2O5. The van der Waals surface area contributed by atoms with Crippen LogP contribution >= 0.6 is 15.9 Å². The van der Waals surface area contributed by atoms with Gasteiger partial charge in [-0.3, -0.25) is 20.2 Å². The predicted molar refractivity (Wildman–Crippen MR) is 46.6 cm³/mol. The monoisotopic (exact) mass is 256 g/mol. The predicted octanol–water partition coefficient (Wildman–Crippen LogP) is 0.749. The Morgan fingerprint density at radius 1 is 1.31 bits per heavy atom. The van der Waals surface area contributed by atoms with E-state index in [2.05, 4.69) is 15.9 Å². The average molecular weight is 257 g/mol. The number of nitrogens with zero attached hydrogens (tertiary/aromatic N) is 2. The second-order valence-corrected chi connectivity index (χ2v) is 4.49. The highest BCUT2D eigenvalue weighted by Crippen LogP contribution is 2.29. The first kappa shape index (κ1) is 12.2. The van der Waals surface area contributed by atoms with Crippen molar-refractivity contribution >= 4 is 15.9 Å². The van der Waals surface area contributed by atoms with Gasteiger partial charge in [-0.1, -0.05) is 0 Å². The molecule has 0 aliphatic rings. The van der Waals surface area contributed by atoms with E-state index in [1.165, 1.54) is 13.8 Å². The molecule has 13 heavy (non-hydrogen) atoms. The van der Waals surface area contributed by atoms with Crippen LogP contribution in [0.15, 0.2) is 0 Å². The number of aliphatic hydroxyl groups is 1. The normalized spacial score (nSPS) is 12.6. The quantitative estimate of drug-likeness (QED) is 0.263. The van der Waals surface area contributed by atoms with Gasteiger partial charge in [-0.15, -0.1) is 0 Å². The van der Waals surface area contributed by atoms with Crippen molar-refractivity contribution in [3.8, 4) is 0 Å². The molecule has 0 unspecified atom stereocenters. The Hall–Kier alpha value is -0.760. The van der Waals surface area contributed by atoms with Crippen LogP contribution in [0.25, 0.3) is 0 Å². The third-order valence-corrected chi connectivity index (χ3v) is 2.08. The number of hydrogen-bond acceptors (Lipinski definition) is 5. The molecule has 8 heteroatoms. The van der Waals surface area contributed by atoms with Crippen molar-refractivity contribution in [1.82, 2.24) is 0 Å². The van der Waals surface area contributed by atoms with Crippen LogP contribution in [-0.2, 0) is 0 Å². The van der Waals surface area contributed by atoms with Gasteiger partial charge < -0.3 is 5.11 Å². The summed E-state index contributed by atoms with van der Waals surface area (Å²) in [5, 5.41) is 29.9. The highest BCUT2D eigenvalue weighted by molar-refractivity contribution is 9.09. The topological polar surface area (TPSA) is 107 Å². The molecule has 0 atom stereocenters. The van der Waals surface area contributed by atoms with E-state index in [1.807, 2.05) is 0 Å². The fraction of sp³-hybridized carbons (Fsp3) is 1.00. The van der Waals surface area contributed by atoms with E-state index in [1.54, 1.807) is 0 Å². The molecule has 7 nitrogen and oxygen atoms in total. The summed E-state index contributed by atoms with van der Waals surface area (Å²) in [4.78, 5) is 18.5. The fourth-order valence-electron chi connectivity index (χ4n) is 0.746. The van der Waals surface area contributed by atoms with Crippen molar-refractivity contribution in [3.63, 3.8) is 0 Å². The van der Waals surface area contributed by atoms with E-state index in [-0.39, 0.29) is 0 Å². The minimum atomic E-state index is -2.51. The van der Waals surface area contributed by atoms with E-state index in [9.17, 15) is 25.3 Å². The van der Waals surface area contributed by atoms with Crippen LogP contribution in [0.5, 0.6) is 0 Å². The minimum Gasteiger partial charge on any atom is -0.390 e. The van der Waals surface area contributed by atoms with Crippen LogP contribution in [0.3, 0.4) is 0 Å². The van der Waals surface area contributed by atoms with Gasteiger partial charge in [0.1, 0.15) is 16.3 Å². The van der Waals surface area contributed by atoms with Gasteiger partial charge in [0, 0.05) is 0 Å². The molecule has 0 aromatic rings. The van der Waals surface area contributed by atoms with Crippen molar-refractivity contribution in [3.05, 3.63) is 20.2 Å². The lowest BCUT2D eigenvalue weighted by molar-refractivity contribution is -0.761.